The fourth-order valence-corrected chi connectivity index (χ4v) is 2.98. The number of allylic oxidation sites excluding steroid dienone is 1. The summed E-state index contributed by atoms with van der Waals surface area (Å²) in [4.78, 5) is 0. The van der Waals surface area contributed by atoms with E-state index in [4.69, 9.17) is 0 Å². The Labute approximate surface area is 125 Å². The second-order valence-electron chi connectivity index (χ2n) is 5.17. The van der Waals surface area contributed by atoms with Crippen LogP contribution >= 0.6 is 11.8 Å². The maximum absolute atomic E-state index is 4.32. The van der Waals surface area contributed by atoms with Crippen LogP contribution in [0.5, 0.6) is 0 Å². The Kier molecular flexibility index (Phi) is 5.01. The highest BCUT2D eigenvalue weighted by Gasteiger charge is 2.14. The van der Waals surface area contributed by atoms with E-state index in [9.17, 15) is 0 Å². The molecule has 0 unspecified atom stereocenters. The number of benzene rings is 1. The molecule has 1 aromatic heterocycles. The van der Waals surface area contributed by atoms with E-state index in [1.807, 2.05) is 6.08 Å². The summed E-state index contributed by atoms with van der Waals surface area (Å²) < 4.78 is 2.15. The monoisotopic (exact) mass is 287 g/mol. The van der Waals surface area contributed by atoms with Gasteiger partial charge in [-0.2, -0.15) is 0 Å². The lowest BCUT2D eigenvalue weighted by atomic mass is 10.2. The molecule has 0 saturated heterocycles. The Hall–Kier alpha value is -1.55. The lowest BCUT2D eigenvalue weighted by molar-refractivity contribution is 0.641. The minimum Gasteiger partial charge on any atom is -0.302 e. The molecule has 0 saturated carbocycles. The predicted molar refractivity (Wildman–Crippen MR) is 85.0 cm³/mol. The molecule has 106 valence electrons. The molecule has 4 heteroatoms. The van der Waals surface area contributed by atoms with E-state index in [1.54, 1.807) is 11.8 Å². The van der Waals surface area contributed by atoms with Gasteiger partial charge >= 0.3 is 0 Å². The lowest BCUT2D eigenvalue weighted by Gasteiger charge is -2.09. The molecule has 1 aromatic carbocycles. The first-order valence-electron chi connectivity index (χ1n) is 6.84. The molecule has 0 spiro atoms. The molecule has 2 rings (SSSR count). The minimum absolute atomic E-state index is 0.371. The van der Waals surface area contributed by atoms with Crippen LogP contribution in [0.15, 0.2) is 42.1 Å². The van der Waals surface area contributed by atoms with Crippen molar-refractivity contribution in [2.24, 2.45) is 0 Å². The molecular weight excluding hydrogens is 266 g/mol. The van der Waals surface area contributed by atoms with E-state index in [1.165, 1.54) is 11.1 Å². The van der Waals surface area contributed by atoms with Crippen LogP contribution in [0.25, 0.3) is 0 Å². The fraction of sp³-hybridized carbons (Fsp3) is 0.375. The first-order chi connectivity index (χ1) is 9.61. The SMILES string of the molecule is C=CCn1c(SCc2cccc(C)c2)nnc1C(C)C. The smallest absolute Gasteiger partial charge is 0.191 e. The molecule has 0 aliphatic rings. The van der Waals surface area contributed by atoms with Gasteiger partial charge < -0.3 is 4.57 Å². The average Bonchev–Trinajstić information content (AvgIpc) is 2.80. The van der Waals surface area contributed by atoms with Gasteiger partial charge in [0.15, 0.2) is 5.16 Å². The molecule has 0 aliphatic carbocycles. The van der Waals surface area contributed by atoms with Gasteiger partial charge in [0.1, 0.15) is 5.82 Å². The van der Waals surface area contributed by atoms with Gasteiger partial charge in [-0.05, 0) is 12.5 Å². The summed E-state index contributed by atoms with van der Waals surface area (Å²) in [5.41, 5.74) is 2.60. The highest BCUT2D eigenvalue weighted by atomic mass is 32.2. The molecule has 0 atom stereocenters. The largest absolute Gasteiger partial charge is 0.302 e. The highest BCUT2D eigenvalue weighted by Crippen LogP contribution is 2.24. The second-order valence-corrected chi connectivity index (χ2v) is 6.11. The van der Waals surface area contributed by atoms with E-state index < -0.39 is 0 Å². The van der Waals surface area contributed by atoms with Gasteiger partial charge in [0.25, 0.3) is 0 Å². The zero-order chi connectivity index (χ0) is 14.5. The third kappa shape index (κ3) is 3.51. The predicted octanol–water partition coefficient (Wildman–Crippen LogP) is 4.19. The van der Waals surface area contributed by atoms with Crippen LogP contribution in [0.4, 0.5) is 0 Å². The van der Waals surface area contributed by atoms with Gasteiger partial charge in [-0.25, -0.2) is 0 Å². The average molecular weight is 287 g/mol. The van der Waals surface area contributed by atoms with Gasteiger partial charge in [0, 0.05) is 18.2 Å². The number of aryl methyl sites for hydroxylation is 1. The van der Waals surface area contributed by atoms with Gasteiger partial charge in [0.05, 0.1) is 0 Å². The summed E-state index contributed by atoms with van der Waals surface area (Å²) in [6.45, 7) is 11.0. The molecule has 0 aliphatic heterocycles. The quantitative estimate of drug-likeness (QED) is 0.589. The third-order valence-electron chi connectivity index (χ3n) is 3.02. The number of nitrogens with zero attached hydrogens (tertiary/aromatic N) is 3. The maximum Gasteiger partial charge on any atom is 0.191 e. The van der Waals surface area contributed by atoms with E-state index in [2.05, 4.69) is 66.4 Å². The Balaban J connectivity index is 2.15. The van der Waals surface area contributed by atoms with Crippen LogP contribution in [0.2, 0.25) is 0 Å². The van der Waals surface area contributed by atoms with Gasteiger partial charge in [-0.3, -0.25) is 0 Å². The number of aromatic nitrogens is 3. The Bertz CT molecular complexity index is 587. The zero-order valence-corrected chi connectivity index (χ0v) is 13.2. The molecule has 2 aromatic rings. The van der Waals surface area contributed by atoms with Crippen molar-refractivity contribution in [2.45, 2.75) is 44.1 Å². The lowest BCUT2D eigenvalue weighted by Crippen LogP contribution is -2.05. The van der Waals surface area contributed by atoms with Gasteiger partial charge in [-0.1, -0.05) is 61.5 Å². The molecule has 0 amide bonds. The van der Waals surface area contributed by atoms with Crippen LogP contribution in [0, 0.1) is 6.92 Å². The molecule has 0 bridgehead atoms. The number of hydrogen-bond acceptors (Lipinski definition) is 3. The Morgan fingerprint density at radius 1 is 1.35 bits per heavy atom. The summed E-state index contributed by atoms with van der Waals surface area (Å²) in [7, 11) is 0. The summed E-state index contributed by atoms with van der Waals surface area (Å²) in [5, 5.41) is 9.60. The molecule has 0 radical (unpaired) electrons. The van der Waals surface area contributed by atoms with E-state index in [-0.39, 0.29) is 0 Å². The Morgan fingerprint density at radius 2 is 2.15 bits per heavy atom. The zero-order valence-electron chi connectivity index (χ0n) is 12.3. The number of rotatable bonds is 6. The molecule has 0 fully saturated rings. The van der Waals surface area contributed by atoms with E-state index in [0.717, 1.165) is 23.3 Å². The third-order valence-corrected chi connectivity index (χ3v) is 4.06. The van der Waals surface area contributed by atoms with Crippen molar-refractivity contribution in [3.05, 3.63) is 53.9 Å². The first kappa shape index (κ1) is 14.9. The highest BCUT2D eigenvalue weighted by molar-refractivity contribution is 7.98. The van der Waals surface area contributed by atoms with E-state index in [0.29, 0.717) is 5.92 Å². The first-order valence-corrected chi connectivity index (χ1v) is 7.82. The van der Waals surface area contributed by atoms with Crippen molar-refractivity contribution in [1.29, 1.82) is 0 Å². The molecule has 3 nitrogen and oxygen atoms in total. The molecular formula is C16H21N3S. The van der Waals surface area contributed by atoms with Gasteiger partial charge in [-0.15, -0.1) is 16.8 Å². The van der Waals surface area contributed by atoms with Crippen LogP contribution in [-0.4, -0.2) is 14.8 Å². The van der Waals surface area contributed by atoms with Crippen molar-refractivity contribution in [2.75, 3.05) is 0 Å². The second kappa shape index (κ2) is 6.75. The summed E-state index contributed by atoms with van der Waals surface area (Å²) in [6, 6.07) is 8.58. The summed E-state index contributed by atoms with van der Waals surface area (Å²) >= 11 is 1.73. The van der Waals surface area contributed by atoms with Crippen LogP contribution in [-0.2, 0) is 12.3 Å². The standard InChI is InChI=1S/C16H21N3S/c1-5-9-19-15(12(2)3)17-18-16(19)20-11-14-8-6-7-13(4)10-14/h5-8,10,12H,1,9,11H2,2-4H3. The maximum atomic E-state index is 4.32. The summed E-state index contributed by atoms with van der Waals surface area (Å²) in [6.07, 6.45) is 1.89. The van der Waals surface area contributed by atoms with Crippen molar-refractivity contribution in [3.63, 3.8) is 0 Å². The fourth-order valence-electron chi connectivity index (χ4n) is 2.08. The van der Waals surface area contributed by atoms with Crippen molar-refractivity contribution in [1.82, 2.24) is 14.8 Å². The minimum atomic E-state index is 0.371. The summed E-state index contributed by atoms with van der Waals surface area (Å²) in [5.74, 6) is 2.31. The van der Waals surface area contributed by atoms with Crippen LogP contribution in [0.3, 0.4) is 0 Å². The van der Waals surface area contributed by atoms with Crippen LogP contribution in [0.1, 0.15) is 36.7 Å². The van der Waals surface area contributed by atoms with E-state index >= 15 is 0 Å². The van der Waals surface area contributed by atoms with Crippen molar-refractivity contribution >= 4 is 11.8 Å². The number of thioether (sulfide) groups is 1. The topological polar surface area (TPSA) is 30.7 Å². The molecule has 20 heavy (non-hydrogen) atoms. The molecule has 0 N–H and O–H groups in total. The van der Waals surface area contributed by atoms with Crippen molar-refractivity contribution < 1.29 is 0 Å². The normalized spacial score (nSPS) is 11.0. The van der Waals surface area contributed by atoms with Gasteiger partial charge in [0.2, 0.25) is 0 Å². The number of hydrogen-bond donors (Lipinski definition) is 0. The van der Waals surface area contributed by atoms with Crippen molar-refractivity contribution in [3.8, 4) is 0 Å². The molecule has 1 heterocycles. The van der Waals surface area contributed by atoms with Crippen LogP contribution < -0.4 is 0 Å². The Morgan fingerprint density at radius 3 is 2.80 bits per heavy atom.